The molecule has 2 aromatic rings. The molecule has 9 heteroatoms. The predicted molar refractivity (Wildman–Crippen MR) is 88.0 cm³/mol. The molecule has 1 atom stereocenters. The minimum absolute atomic E-state index is 0.0940. The van der Waals surface area contributed by atoms with E-state index in [1.165, 1.54) is 36.4 Å². The van der Waals surface area contributed by atoms with Crippen LogP contribution in [-0.2, 0) is 4.79 Å². The van der Waals surface area contributed by atoms with E-state index in [1.54, 1.807) is 13.8 Å². The molecule has 3 rings (SSSR count). The number of amides is 1. The molecule has 1 heterocycles. The van der Waals surface area contributed by atoms with Gasteiger partial charge < -0.3 is 0 Å². The molecule has 0 spiro atoms. The molecular weight excluding hydrogens is 351 g/mol. The van der Waals surface area contributed by atoms with Crippen molar-refractivity contribution in [3.63, 3.8) is 0 Å². The zero-order chi connectivity index (χ0) is 19.3. The number of carbonyl (C=O) groups is 1. The number of halogens is 3. The summed E-state index contributed by atoms with van der Waals surface area (Å²) < 4.78 is 41.2. The summed E-state index contributed by atoms with van der Waals surface area (Å²) in [6.07, 6.45) is -4.64. The molecule has 6 nitrogen and oxygen atoms in total. The Morgan fingerprint density at radius 1 is 1.19 bits per heavy atom. The van der Waals surface area contributed by atoms with Crippen LogP contribution < -0.4 is 5.43 Å². The highest BCUT2D eigenvalue weighted by atomic mass is 19.4. The number of fused-ring (bicyclic) bond motifs is 1. The van der Waals surface area contributed by atoms with Crippen molar-refractivity contribution in [2.45, 2.75) is 26.1 Å². The van der Waals surface area contributed by atoms with Crippen molar-refractivity contribution in [2.75, 3.05) is 6.54 Å². The lowest BCUT2D eigenvalue weighted by Gasteiger charge is -2.30. The summed E-state index contributed by atoms with van der Waals surface area (Å²) in [5.41, 5.74) is 1.05. The van der Waals surface area contributed by atoms with Crippen LogP contribution in [0.1, 0.15) is 25.5 Å². The second-order valence-electron chi connectivity index (χ2n) is 6.94. The monoisotopic (exact) mass is 367 g/mol. The highest BCUT2D eigenvalue weighted by molar-refractivity contribution is 5.86. The summed E-state index contributed by atoms with van der Waals surface area (Å²) in [4.78, 5) is 22.2. The molecular formula is C17H16F3N3O3. The third-order valence-electron chi connectivity index (χ3n) is 4.42. The van der Waals surface area contributed by atoms with Crippen molar-refractivity contribution < 1.29 is 22.9 Å². The van der Waals surface area contributed by atoms with E-state index in [0.717, 1.165) is 5.01 Å². The van der Waals surface area contributed by atoms with E-state index in [2.05, 4.69) is 5.43 Å². The lowest BCUT2D eigenvalue weighted by atomic mass is 9.93. The highest BCUT2D eigenvalue weighted by Crippen LogP contribution is 2.41. The van der Waals surface area contributed by atoms with Gasteiger partial charge in [-0.05, 0) is 42.3 Å². The largest absolute Gasteiger partial charge is 0.409 e. The quantitative estimate of drug-likeness (QED) is 0.663. The Balaban J connectivity index is 2.07. The number of nitro benzene ring substituents is 1. The van der Waals surface area contributed by atoms with Crippen LogP contribution in [0.5, 0.6) is 0 Å². The molecule has 0 bridgehead atoms. The Morgan fingerprint density at radius 2 is 1.85 bits per heavy atom. The predicted octanol–water partition coefficient (Wildman–Crippen LogP) is 3.72. The van der Waals surface area contributed by atoms with E-state index >= 15 is 0 Å². The zero-order valence-corrected chi connectivity index (χ0v) is 14.0. The van der Waals surface area contributed by atoms with Crippen LogP contribution in [0.4, 0.5) is 18.9 Å². The van der Waals surface area contributed by atoms with Crippen molar-refractivity contribution in [3.8, 4) is 0 Å². The maximum absolute atomic E-state index is 13.7. The molecule has 0 aromatic heterocycles. The van der Waals surface area contributed by atoms with E-state index in [1.807, 2.05) is 0 Å². The Morgan fingerprint density at radius 3 is 2.38 bits per heavy atom. The number of nitrogens with one attached hydrogen (secondary N) is 1. The first-order valence-electron chi connectivity index (χ1n) is 7.81. The molecule has 26 heavy (non-hydrogen) atoms. The maximum Gasteiger partial charge on any atom is 0.409 e. The number of nitro groups is 1. The van der Waals surface area contributed by atoms with Crippen LogP contribution >= 0.6 is 0 Å². The number of rotatable bonds is 3. The molecule has 0 saturated carbocycles. The van der Waals surface area contributed by atoms with Crippen LogP contribution in [0, 0.1) is 15.5 Å². The van der Waals surface area contributed by atoms with Gasteiger partial charge in [-0.25, -0.2) is 5.01 Å². The van der Waals surface area contributed by atoms with E-state index in [-0.39, 0.29) is 17.8 Å². The van der Waals surface area contributed by atoms with Gasteiger partial charge in [-0.15, -0.1) is 0 Å². The molecule has 138 valence electrons. The maximum atomic E-state index is 13.7. The first-order valence-corrected chi connectivity index (χ1v) is 7.81. The number of non-ortho nitro benzene ring substituents is 1. The summed E-state index contributed by atoms with van der Waals surface area (Å²) in [5, 5.41) is 12.7. The summed E-state index contributed by atoms with van der Waals surface area (Å²) in [7, 11) is 0. The number of benzene rings is 2. The third kappa shape index (κ3) is 3.22. The van der Waals surface area contributed by atoms with Crippen LogP contribution in [0.25, 0.3) is 10.8 Å². The summed E-state index contributed by atoms with van der Waals surface area (Å²) in [6.45, 7) is 3.03. The first kappa shape index (κ1) is 18.1. The Kier molecular flexibility index (Phi) is 4.14. The van der Waals surface area contributed by atoms with Gasteiger partial charge in [0.05, 0.1) is 10.3 Å². The van der Waals surface area contributed by atoms with Crippen molar-refractivity contribution >= 4 is 22.4 Å². The molecule has 2 aromatic carbocycles. The van der Waals surface area contributed by atoms with Gasteiger partial charge >= 0.3 is 6.18 Å². The molecule has 1 N–H and O–H groups in total. The molecule has 1 aliphatic heterocycles. The van der Waals surface area contributed by atoms with Crippen LogP contribution in [0.3, 0.4) is 0 Å². The van der Waals surface area contributed by atoms with Crippen molar-refractivity contribution in [3.05, 3.63) is 52.1 Å². The number of hydrogen-bond acceptors (Lipinski definition) is 4. The standard InChI is InChI=1S/C17H16F3N3O3/c1-16(2)9-22(21-15(16)24)14(17(18,19)20)11-4-3-10-5-6-13(23(25)26)8-12(10)7-11/h3-8,14H,9H2,1-2H3,(H,21,24). The van der Waals surface area contributed by atoms with E-state index < -0.39 is 28.5 Å². The van der Waals surface area contributed by atoms with Gasteiger partial charge in [-0.1, -0.05) is 12.1 Å². The Bertz CT molecular complexity index is 896. The van der Waals surface area contributed by atoms with Crippen molar-refractivity contribution in [1.82, 2.24) is 10.4 Å². The summed E-state index contributed by atoms with van der Waals surface area (Å²) in [6, 6.07) is 6.06. The SMILES string of the molecule is CC1(C)CN(C(c2ccc3ccc([N+](=O)[O-])cc3c2)C(F)(F)F)NC1=O. The zero-order valence-electron chi connectivity index (χ0n) is 14.0. The third-order valence-corrected chi connectivity index (χ3v) is 4.42. The number of nitrogens with zero attached hydrogens (tertiary/aromatic N) is 2. The molecule has 0 aliphatic carbocycles. The fourth-order valence-corrected chi connectivity index (χ4v) is 3.06. The molecule has 1 saturated heterocycles. The number of carbonyl (C=O) groups excluding carboxylic acids is 1. The topological polar surface area (TPSA) is 75.5 Å². The van der Waals surface area contributed by atoms with E-state index in [4.69, 9.17) is 0 Å². The van der Waals surface area contributed by atoms with Crippen LogP contribution in [0.2, 0.25) is 0 Å². The number of hydrogen-bond donors (Lipinski definition) is 1. The van der Waals surface area contributed by atoms with Gasteiger partial charge in [0.25, 0.3) is 5.69 Å². The average Bonchev–Trinajstić information content (AvgIpc) is 2.78. The minimum Gasteiger partial charge on any atom is -0.287 e. The second kappa shape index (κ2) is 5.94. The Labute approximate surface area is 146 Å². The van der Waals surface area contributed by atoms with E-state index in [9.17, 15) is 28.1 Å². The second-order valence-corrected chi connectivity index (χ2v) is 6.94. The minimum atomic E-state index is -4.64. The van der Waals surface area contributed by atoms with Crippen molar-refractivity contribution in [2.24, 2.45) is 5.41 Å². The average molecular weight is 367 g/mol. The summed E-state index contributed by atoms with van der Waals surface area (Å²) in [5.74, 6) is -0.483. The van der Waals surface area contributed by atoms with Crippen LogP contribution in [0.15, 0.2) is 36.4 Å². The van der Waals surface area contributed by atoms with Crippen molar-refractivity contribution in [1.29, 1.82) is 0 Å². The van der Waals surface area contributed by atoms with Gasteiger partial charge in [-0.2, -0.15) is 13.2 Å². The van der Waals surface area contributed by atoms with Crippen LogP contribution in [-0.4, -0.2) is 28.6 Å². The fourth-order valence-electron chi connectivity index (χ4n) is 3.06. The molecule has 1 unspecified atom stereocenters. The number of hydrazine groups is 1. The first-order chi connectivity index (χ1) is 12.0. The van der Waals surface area contributed by atoms with Gasteiger partial charge in [0.15, 0.2) is 0 Å². The van der Waals surface area contributed by atoms with Gasteiger partial charge in [0.1, 0.15) is 6.04 Å². The molecule has 1 amide bonds. The molecule has 1 aliphatic rings. The Hall–Kier alpha value is -2.68. The highest BCUT2D eigenvalue weighted by Gasteiger charge is 2.51. The van der Waals surface area contributed by atoms with Gasteiger partial charge in [0, 0.05) is 18.7 Å². The normalized spacial score (nSPS) is 18.7. The fraction of sp³-hybridized carbons (Fsp3) is 0.353. The molecule has 0 radical (unpaired) electrons. The van der Waals surface area contributed by atoms with E-state index in [0.29, 0.717) is 10.8 Å². The lowest BCUT2D eigenvalue weighted by molar-refractivity contribution is -0.384. The lowest BCUT2D eigenvalue weighted by Crippen LogP contribution is -2.43. The molecule has 1 fully saturated rings. The smallest absolute Gasteiger partial charge is 0.287 e. The van der Waals surface area contributed by atoms with Gasteiger partial charge in [0.2, 0.25) is 5.91 Å². The summed E-state index contributed by atoms with van der Waals surface area (Å²) >= 11 is 0. The van der Waals surface area contributed by atoms with Gasteiger partial charge in [-0.3, -0.25) is 20.3 Å². The number of alkyl halides is 3.